The van der Waals surface area contributed by atoms with Crippen molar-refractivity contribution >= 4 is 42.1 Å². The summed E-state index contributed by atoms with van der Waals surface area (Å²) in [6.07, 6.45) is -25.5. The van der Waals surface area contributed by atoms with Gasteiger partial charge in [-0.05, 0) is 65.8 Å². The minimum atomic E-state index is -2.10. The highest BCUT2D eigenvalue weighted by molar-refractivity contribution is 5.90. The van der Waals surface area contributed by atoms with Gasteiger partial charge in [0, 0.05) is 29.8 Å². The molecule has 4 aliphatic heterocycles. The summed E-state index contributed by atoms with van der Waals surface area (Å²) in [5, 5.41) is 151. The molecule has 16 unspecified atom stereocenters. The highest BCUT2D eigenvalue weighted by Crippen LogP contribution is 2.47. The third-order valence-corrected chi connectivity index (χ3v) is 14.2. The Hall–Kier alpha value is -8.90. The number of carboxylic acids is 1. The lowest BCUT2D eigenvalue weighted by Gasteiger charge is -2.41. The lowest BCUT2D eigenvalue weighted by molar-refractivity contribution is -0.294. The topological polar surface area (TPSA) is 481 Å². The van der Waals surface area contributed by atoms with Crippen LogP contribution in [0.3, 0.4) is 0 Å². The standard InChI is InChI=1S/C58H64O32/c1-77-32-11-23(12-33(78-2)44(32)66)5-9-41(63)81-20-37-46(68)49(71)52(74)56(88-37)84-26-16-29(60)27-18-36(87-58-54(76)51(73)48(70)39(90-58)22-83-43(65)19-40(61)62)55(85-30(27)17-26)25-7-8-28(59)31(15-25)86-57-53(75)50(72)47(69)38(89-57)21-82-42(64)10-6-24-13-34(79-3)45(67)35(14-24)80-4/h5-18,37-39,46-60,66-76H,19-22H2,1-4H3,(H,61,62). The summed E-state index contributed by atoms with van der Waals surface area (Å²) in [5.41, 5.74) is 0.413. The molecule has 4 heterocycles. The van der Waals surface area contributed by atoms with Crippen molar-refractivity contribution in [2.45, 2.75) is 105 Å². The number of carbonyl (C=O) groups is 4. The van der Waals surface area contributed by atoms with E-state index in [-0.39, 0.29) is 57.1 Å². The van der Waals surface area contributed by atoms with Crippen molar-refractivity contribution in [3.05, 3.63) is 94.8 Å². The van der Waals surface area contributed by atoms with Crippen LogP contribution in [0.15, 0.2) is 72.5 Å². The fourth-order valence-corrected chi connectivity index (χ4v) is 9.39. The van der Waals surface area contributed by atoms with E-state index < -0.39 is 171 Å². The summed E-state index contributed by atoms with van der Waals surface area (Å²) in [7, 11) is 5.20. The number of ether oxygens (including phenoxy) is 14. The number of esters is 3. The van der Waals surface area contributed by atoms with Gasteiger partial charge in [-0.3, -0.25) is 9.59 Å². The van der Waals surface area contributed by atoms with Crippen LogP contribution in [0.2, 0.25) is 0 Å². The maximum absolute atomic E-state index is 12.8. The maximum Gasteiger partial charge on any atom is 0.330 e. The number of hydrogen-bond acceptors (Lipinski definition) is 31. The molecular formula is C58H64O32. The van der Waals surface area contributed by atoms with Crippen molar-refractivity contribution in [2.75, 3.05) is 48.3 Å². The Labute approximate surface area is 508 Å². The Morgan fingerprint density at radius 2 is 0.922 bits per heavy atom. The number of carboxylic acid groups (broad SMARTS) is 1. The van der Waals surface area contributed by atoms with Gasteiger partial charge in [-0.1, -0.05) is 6.07 Å². The van der Waals surface area contributed by atoms with Crippen LogP contribution in [0.4, 0.5) is 0 Å². The molecule has 0 radical (unpaired) electrons. The summed E-state index contributed by atoms with van der Waals surface area (Å²) in [4.78, 5) is 48.9. The van der Waals surface area contributed by atoms with Gasteiger partial charge in [0.25, 0.3) is 0 Å². The van der Waals surface area contributed by atoms with Crippen molar-refractivity contribution < 1.29 is 157 Å². The summed E-state index contributed by atoms with van der Waals surface area (Å²) in [5.74, 6) is -8.05. The Bertz CT molecular complexity index is 3280. The Morgan fingerprint density at radius 3 is 1.37 bits per heavy atom. The Kier molecular flexibility index (Phi) is 21.7. The molecule has 0 bridgehead atoms. The number of fused-ring (bicyclic) bond motifs is 1. The SMILES string of the molecule is COc1cc(C=CC(=O)OCC2OC(Oc3cc(O)c4c(c3)OC(c3ccc(O)c(OC5OC(COC(=O)C=Cc6cc(OC)c(O)c(OC)c6)C(O)C(O)C5O)c3)C(OC3OC(COC(=O)CC(=O)O)C(O)C(O)C3O)=C4)C(O)C(O)C2O)cc(OC)c1O. The normalized spacial score (nSPS) is 28.1. The van der Waals surface area contributed by atoms with Crippen LogP contribution in [0.25, 0.3) is 18.2 Å². The van der Waals surface area contributed by atoms with Crippen molar-refractivity contribution in [3.63, 3.8) is 0 Å². The van der Waals surface area contributed by atoms with Gasteiger partial charge in [-0.2, -0.15) is 0 Å². The largest absolute Gasteiger partial charge is 0.507 e. The second-order valence-electron chi connectivity index (χ2n) is 20.3. The van der Waals surface area contributed by atoms with Gasteiger partial charge in [-0.25, -0.2) is 9.59 Å². The molecule has 3 fully saturated rings. The van der Waals surface area contributed by atoms with Gasteiger partial charge in [0.05, 0.1) is 34.0 Å². The number of phenols is 4. The van der Waals surface area contributed by atoms with Crippen LogP contribution in [0, 0.1) is 0 Å². The summed E-state index contributed by atoms with van der Waals surface area (Å²) in [6.45, 7) is -2.32. The first kappa shape index (κ1) is 67.0. The van der Waals surface area contributed by atoms with Crippen LogP contribution in [-0.2, 0) is 52.3 Å². The molecule has 4 aliphatic rings. The van der Waals surface area contributed by atoms with E-state index in [9.17, 15) is 85.6 Å². The number of benzene rings is 4. The number of methoxy groups -OCH3 is 4. The number of rotatable bonds is 23. The molecule has 0 aliphatic carbocycles. The maximum atomic E-state index is 12.8. The van der Waals surface area contributed by atoms with Gasteiger partial charge in [0.1, 0.15) is 122 Å². The molecule has 32 nitrogen and oxygen atoms in total. The molecule has 8 rings (SSSR count). The lowest BCUT2D eigenvalue weighted by Crippen LogP contribution is -2.60. The molecule has 3 saturated heterocycles. The number of aliphatic carboxylic acids is 1. The molecule has 32 heteroatoms. The Morgan fingerprint density at radius 1 is 0.489 bits per heavy atom. The second kappa shape index (κ2) is 29.2. The lowest BCUT2D eigenvalue weighted by atomic mass is 9.98. The zero-order chi connectivity index (χ0) is 65.4. The van der Waals surface area contributed by atoms with Crippen molar-refractivity contribution in [2.24, 2.45) is 0 Å². The fraction of sp³-hybridized carbons (Fsp3) is 0.414. The van der Waals surface area contributed by atoms with Crippen molar-refractivity contribution in [1.29, 1.82) is 0 Å². The van der Waals surface area contributed by atoms with E-state index in [0.717, 1.165) is 42.5 Å². The van der Waals surface area contributed by atoms with Crippen LogP contribution in [0.1, 0.15) is 34.8 Å². The molecule has 16 atom stereocenters. The minimum Gasteiger partial charge on any atom is -0.507 e. The highest BCUT2D eigenvalue weighted by atomic mass is 16.7. The molecule has 4 aromatic rings. The van der Waals surface area contributed by atoms with Gasteiger partial charge >= 0.3 is 23.9 Å². The third kappa shape index (κ3) is 15.4. The van der Waals surface area contributed by atoms with E-state index in [0.29, 0.717) is 11.1 Å². The molecule has 0 spiro atoms. The number of carbonyl (C=O) groups excluding carboxylic acids is 3. The highest BCUT2D eigenvalue weighted by Gasteiger charge is 2.49. The minimum absolute atomic E-state index is 0.0294. The van der Waals surface area contributed by atoms with Gasteiger partial charge in [0.2, 0.25) is 30.4 Å². The number of aliphatic hydroxyl groups excluding tert-OH is 9. The number of phenolic OH excluding ortho intramolecular Hbond substituents is 4. The average Bonchev–Trinajstić information content (AvgIpc) is 0.855. The quantitative estimate of drug-likeness (QED) is 0.0178. The van der Waals surface area contributed by atoms with Crippen molar-refractivity contribution in [1.82, 2.24) is 0 Å². The number of aromatic hydroxyl groups is 4. The molecule has 0 saturated carbocycles. The van der Waals surface area contributed by atoms with E-state index in [2.05, 4.69) is 0 Å². The fourth-order valence-electron chi connectivity index (χ4n) is 9.39. The predicted molar refractivity (Wildman–Crippen MR) is 296 cm³/mol. The van der Waals surface area contributed by atoms with E-state index in [1.807, 2.05) is 0 Å². The first-order chi connectivity index (χ1) is 42.8. The van der Waals surface area contributed by atoms with Crippen LogP contribution < -0.4 is 33.2 Å². The summed E-state index contributed by atoms with van der Waals surface area (Å²) < 4.78 is 77.3. The molecule has 4 aromatic carbocycles. The van der Waals surface area contributed by atoms with E-state index in [1.54, 1.807) is 0 Å². The molecular weight excluding hydrogens is 1210 g/mol. The summed E-state index contributed by atoms with van der Waals surface area (Å²) >= 11 is 0. The van der Waals surface area contributed by atoms with Gasteiger partial charge < -0.3 is 138 Å². The smallest absolute Gasteiger partial charge is 0.330 e. The van der Waals surface area contributed by atoms with E-state index >= 15 is 0 Å². The van der Waals surface area contributed by atoms with E-state index in [4.69, 9.17) is 71.4 Å². The number of aliphatic hydroxyl groups is 9. The number of hydrogen-bond donors (Lipinski definition) is 14. The molecule has 0 amide bonds. The van der Waals surface area contributed by atoms with E-state index in [1.165, 1.54) is 70.9 Å². The molecule has 14 N–H and O–H groups in total. The second-order valence-corrected chi connectivity index (χ2v) is 20.3. The van der Waals surface area contributed by atoms with Gasteiger partial charge in [-0.15, -0.1) is 0 Å². The monoisotopic (exact) mass is 1270 g/mol. The third-order valence-electron chi connectivity index (χ3n) is 14.2. The zero-order valence-corrected chi connectivity index (χ0v) is 47.8. The average molecular weight is 1270 g/mol. The Balaban J connectivity index is 1.03. The first-order valence-corrected chi connectivity index (χ1v) is 27.0. The molecule has 0 aromatic heterocycles. The van der Waals surface area contributed by atoms with Crippen molar-refractivity contribution in [3.8, 4) is 63.2 Å². The van der Waals surface area contributed by atoms with Crippen LogP contribution in [0.5, 0.6) is 63.2 Å². The van der Waals surface area contributed by atoms with Crippen LogP contribution in [-0.4, -0.2) is 236 Å². The molecule has 90 heavy (non-hydrogen) atoms. The summed E-state index contributed by atoms with van der Waals surface area (Å²) in [6, 6.07) is 11.1. The van der Waals surface area contributed by atoms with Gasteiger partial charge in [0.15, 0.2) is 40.6 Å². The predicted octanol–water partition coefficient (Wildman–Crippen LogP) is -1.25. The first-order valence-electron chi connectivity index (χ1n) is 27.0. The molecule has 488 valence electrons. The van der Waals surface area contributed by atoms with Crippen LogP contribution >= 0.6 is 0 Å². The zero-order valence-electron chi connectivity index (χ0n) is 47.8.